The number of hydrazone groups is 1. The Morgan fingerprint density at radius 3 is 2.58 bits per heavy atom. The second-order valence-corrected chi connectivity index (χ2v) is 7.96. The number of benzene rings is 2. The Morgan fingerprint density at radius 1 is 1.13 bits per heavy atom. The Labute approximate surface area is 181 Å². The van der Waals surface area contributed by atoms with Gasteiger partial charge >= 0.3 is 0 Å². The molecule has 0 saturated heterocycles. The molecule has 0 unspecified atom stereocenters. The quantitative estimate of drug-likeness (QED) is 0.311. The van der Waals surface area contributed by atoms with Crippen LogP contribution in [0.1, 0.15) is 18.1 Å². The molecule has 0 saturated carbocycles. The molecule has 31 heavy (non-hydrogen) atoms. The van der Waals surface area contributed by atoms with E-state index in [1.165, 1.54) is 22.4 Å². The monoisotopic (exact) mass is 434 g/mol. The van der Waals surface area contributed by atoms with Gasteiger partial charge in [0.25, 0.3) is 11.6 Å². The van der Waals surface area contributed by atoms with Crippen LogP contribution in [0.3, 0.4) is 0 Å². The summed E-state index contributed by atoms with van der Waals surface area (Å²) >= 11 is 1.31. The number of hydrogen-bond acceptors (Lipinski definition) is 8. The van der Waals surface area contributed by atoms with Crippen LogP contribution in [0.4, 0.5) is 16.5 Å². The van der Waals surface area contributed by atoms with E-state index in [1.54, 1.807) is 26.0 Å². The fraction of sp³-hybridized carbons (Fsp3) is 0.190. The Bertz CT molecular complexity index is 1230. The minimum absolute atomic E-state index is 0.0485. The number of nitrogens with zero attached hydrogens (tertiary/aromatic N) is 6. The number of carbonyl (C=O) groups is 1. The summed E-state index contributed by atoms with van der Waals surface area (Å²) in [5.41, 5.74) is 4.12. The van der Waals surface area contributed by atoms with Gasteiger partial charge in [0.2, 0.25) is 5.13 Å². The number of hydrogen-bond donors (Lipinski definition) is 0. The molecule has 156 valence electrons. The van der Waals surface area contributed by atoms with Crippen LogP contribution in [0.5, 0.6) is 0 Å². The summed E-state index contributed by atoms with van der Waals surface area (Å²) in [4.78, 5) is 28.0. The number of nitro groups is 1. The summed E-state index contributed by atoms with van der Waals surface area (Å²) in [6.07, 6.45) is 0. The van der Waals surface area contributed by atoms with Crippen molar-refractivity contribution >= 4 is 39.5 Å². The minimum atomic E-state index is -0.896. The van der Waals surface area contributed by atoms with Gasteiger partial charge in [-0.15, -0.1) is 11.3 Å². The van der Waals surface area contributed by atoms with Crippen molar-refractivity contribution in [2.75, 3.05) is 5.01 Å². The van der Waals surface area contributed by atoms with Crippen molar-refractivity contribution in [1.29, 1.82) is 0 Å². The molecule has 0 radical (unpaired) electrons. The molecule has 0 aliphatic carbocycles. The maximum Gasteiger partial charge on any atom is 0.282 e. The molecule has 0 bridgehead atoms. The van der Waals surface area contributed by atoms with Crippen LogP contribution in [0.2, 0.25) is 0 Å². The lowest BCUT2D eigenvalue weighted by Gasteiger charge is -2.08. The van der Waals surface area contributed by atoms with Crippen LogP contribution >= 0.6 is 11.3 Å². The van der Waals surface area contributed by atoms with Crippen molar-refractivity contribution in [3.63, 3.8) is 0 Å². The highest BCUT2D eigenvalue weighted by molar-refractivity contribution is 7.14. The predicted octanol–water partition coefficient (Wildman–Crippen LogP) is 5.21. The van der Waals surface area contributed by atoms with E-state index in [1.807, 2.05) is 36.6 Å². The molecule has 0 spiro atoms. The zero-order valence-corrected chi connectivity index (χ0v) is 17.8. The van der Waals surface area contributed by atoms with Crippen molar-refractivity contribution in [3.8, 4) is 11.3 Å². The molecular formula is C21H18N6O3S. The van der Waals surface area contributed by atoms with Crippen molar-refractivity contribution in [2.24, 2.45) is 15.3 Å². The number of aryl methyl sites for hydroxylation is 2. The predicted molar refractivity (Wildman–Crippen MR) is 119 cm³/mol. The van der Waals surface area contributed by atoms with Gasteiger partial charge in [0.15, 0.2) is 6.04 Å². The second kappa shape index (κ2) is 8.15. The lowest BCUT2D eigenvalue weighted by Crippen LogP contribution is -2.29. The summed E-state index contributed by atoms with van der Waals surface area (Å²) in [6.45, 7) is 5.35. The molecule has 3 aromatic rings. The molecule has 2 aromatic carbocycles. The average molecular weight is 434 g/mol. The zero-order valence-electron chi connectivity index (χ0n) is 17.0. The summed E-state index contributed by atoms with van der Waals surface area (Å²) in [5.74, 6) is -0.368. The first-order valence-electron chi connectivity index (χ1n) is 9.41. The van der Waals surface area contributed by atoms with Gasteiger partial charge in [-0.25, -0.2) is 4.98 Å². The van der Waals surface area contributed by atoms with Gasteiger partial charge in [-0.3, -0.25) is 14.9 Å². The Kier molecular flexibility index (Phi) is 5.38. The first-order chi connectivity index (χ1) is 14.8. The van der Waals surface area contributed by atoms with Crippen LogP contribution in [0, 0.1) is 24.0 Å². The van der Waals surface area contributed by atoms with E-state index >= 15 is 0 Å². The molecule has 0 N–H and O–H groups in total. The largest absolute Gasteiger partial charge is 0.282 e. The third-order valence-electron chi connectivity index (χ3n) is 4.79. The van der Waals surface area contributed by atoms with Crippen molar-refractivity contribution in [3.05, 3.63) is 69.1 Å². The normalized spacial score (nSPS) is 16.2. The summed E-state index contributed by atoms with van der Waals surface area (Å²) in [7, 11) is 0. The summed E-state index contributed by atoms with van der Waals surface area (Å²) in [6, 6.07) is 11.6. The first-order valence-corrected chi connectivity index (χ1v) is 10.3. The molecule has 0 fully saturated rings. The van der Waals surface area contributed by atoms with Crippen LogP contribution in [0.25, 0.3) is 11.3 Å². The van der Waals surface area contributed by atoms with Gasteiger partial charge in [-0.2, -0.15) is 20.3 Å². The average Bonchev–Trinajstić information content (AvgIpc) is 3.33. The van der Waals surface area contributed by atoms with Crippen LogP contribution in [0.15, 0.2) is 63.2 Å². The second-order valence-electron chi connectivity index (χ2n) is 7.12. The topological polar surface area (TPSA) is 113 Å². The van der Waals surface area contributed by atoms with Crippen LogP contribution in [-0.2, 0) is 4.79 Å². The van der Waals surface area contributed by atoms with Crippen LogP contribution in [-0.4, -0.2) is 27.6 Å². The standard InChI is InChI=1S/C21H18N6O3S/c1-12-4-7-15(8-5-12)17-11-31-21(22-17)26-20(28)19(14(3)25-26)24-23-16-9-6-13(2)18(10-16)27(29)30/h4-11,19H,1-3H3/t19-/m1/s1. The molecule has 2 heterocycles. The Balaban J connectivity index is 1.54. The van der Waals surface area contributed by atoms with Gasteiger partial charge < -0.3 is 0 Å². The molecule has 1 aromatic heterocycles. The summed E-state index contributed by atoms with van der Waals surface area (Å²) < 4.78 is 0. The molecule has 1 aliphatic rings. The van der Waals surface area contributed by atoms with E-state index in [0.717, 1.165) is 16.8 Å². The first kappa shape index (κ1) is 20.5. The number of thiazole rings is 1. The third kappa shape index (κ3) is 4.10. The van der Waals surface area contributed by atoms with E-state index in [2.05, 4.69) is 20.3 Å². The number of aromatic nitrogens is 1. The third-order valence-corrected chi connectivity index (χ3v) is 5.61. The molecule has 1 aliphatic heterocycles. The lowest BCUT2D eigenvalue weighted by atomic mass is 10.1. The van der Waals surface area contributed by atoms with Crippen molar-refractivity contribution in [1.82, 2.24) is 4.98 Å². The minimum Gasteiger partial charge on any atom is -0.269 e. The molecular weight excluding hydrogens is 416 g/mol. The highest BCUT2D eigenvalue weighted by Gasteiger charge is 2.36. The zero-order chi connectivity index (χ0) is 22.1. The van der Waals surface area contributed by atoms with Crippen molar-refractivity contribution < 1.29 is 9.72 Å². The highest BCUT2D eigenvalue weighted by atomic mass is 32.1. The fourth-order valence-corrected chi connectivity index (χ4v) is 3.81. The highest BCUT2D eigenvalue weighted by Crippen LogP contribution is 2.31. The smallest absolute Gasteiger partial charge is 0.269 e. The number of carbonyl (C=O) groups excluding carboxylic acids is 1. The van der Waals surface area contributed by atoms with Crippen molar-refractivity contribution in [2.45, 2.75) is 26.8 Å². The van der Waals surface area contributed by atoms with E-state index < -0.39 is 11.0 Å². The molecule has 9 nitrogen and oxygen atoms in total. The van der Waals surface area contributed by atoms with Crippen LogP contribution < -0.4 is 5.01 Å². The molecule has 4 rings (SSSR count). The molecule has 1 amide bonds. The van der Waals surface area contributed by atoms with E-state index in [0.29, 0.717) is 22.1 Å². The maximum absolute atomic E-state index is 12.9. The van der Waals surface area contributed by atoms with E-state index in [4.69, 9.17) is 0 Å². The number of anilines is 1. The van der Waals surface area contributed by atoms with Gasteiger partial charge in [0.1, 0.15) is 0 Å². The van der Waals surface area contributed by atoms with E-state index in [-0.39, 0.29) is 11.6 Å². The Morgan fingerprint density at radius 2 is 1.87 bits per heavy atom. The van der Waals surface area contributed by atoms with E-state index in [9.17, 15) is 14.9 Å². The number of nitro benzene ring substituents is 1. The van der Waals surface area contributed by atoms with Gasteiger partial charge in [0.05, 0.1) is 22.0 Å². The maximum atomic E-state index is 12.9. The molecule has 10 heteroatoms. The SMILES string of the molecule is CC1=NN(c2nc(-c3ccc(C)cc3)cs2)C(=O)[C@@H]1N=Nc1ccc(C)c([N+](=O)[O-])c1. The number of rotatable bonds is 5. The number of azo groups is 1. The molecule has 1 atom stereocenters. The lowest BCUT2D eigenvalue weighted by molar-refractivity contribution is -0.385. The Hall–Kier alpha value is -3.79. The van der Waals surface area contributed by atoms with Gasteiger partial charge in [-0.05, 0) is 26.8 Å². The number of amides is 1. The summed E-state index contributed by atoms with van der Waals surface area (Å²) in [5, 5.41) is 27.1. The fourth-order valence-electron chi connectivity index (χ4n) is 3.03. The van der Waals surface area contributed by atoms with Gasteiger partial charge in [-0.1, -0.05) is 35.9 Å². The van der Waals surface area contributed by atoms with Gasteiger partial charge in [0, 0.05) is 22.6 Å².